The van der Waals surface area contributed by atoms with Crippen molar-refractivity contribution in [2.75, 3.05) is 0 Å². The minimum atomic E-state index is -0.0482. The van der Waals surface area contributed by atoms with Crippen LogP contribution < -0.4 is 0 Å². The summed E-state index contributed by atoms with van der Waals surface area (Å²) in [7, 11) is 0. The van der Waals surface area contributed by atoms with Gasteiger partial charge >= 0.3 is 0 Å². The van der Waals surface area contributed by atoms with Crippen molar-refractivity contribution in [2.45, 2.75) is 19.3 Å². The van der Waals surface area contributed by atoms with Crippen LogP contribution in [-0.2, 0) is 5.41 Å². The second-order valence-electron chi connectivity index (χ2n) is 14.4. The first-order valence-electron chi connectivity index (χ1n) is 17.7. The molecule has 0 fully saturated rings. The minimum Gasteiger partial charge on any atom is -0.456 e. The van der Waals surface area contributed by atoms with Gasteiger partial charge in [-0.3, -0.25) is 0 Å². The molecule has 0 N–H and O–H groups in total. The smallest absolute Gasteiger partial charge is 0.136 e. The van der Waals surface area contributed by atoms with Gasteiger partial charge in [-0.05, 0) is 78.7 Å². The molecule has 0 amide bonds. The fourth-order valence-corrected chi connectivity index (χ4v) is 10.4. The van der Waals surface area contributed by atoms with Crippen LogP contribution in [-0.4, -0.2) is 0 Å². The Morgan fingerprint density at radius 2 is 1.06 bits per heavy atom. The van der Waals surface area contributed by atoms with Crippen molar-refractivity contribution in [2.24, 2.45) is 0 Å². The standard InChI is InChI=1S/C49H32OS/c1-49(2)40-23-10-8-18-35(40)46-38-22-12-21-37(47(38)51-48(46)49)44-33-17-7-6-16-32(33)43(29-14-4-3-5-15-29)34-27-26-30(28-39(34)44)31-20-13-25-42-45(31)36-19-9-11-24-41(36)50-42/h3-28H,1-2H3. The zero-order chi connectivity index (χ0) is 33.8. The number of thiophene rings is 1. The molecule has 0 bridgehead atoms. The van der Waals surface area contributed by atoms with Crippen molar-refractivity contribution in [1.29, 1.82) is 0 Å². The third-order valence-corrected chi connectivity index (χ3v) is 12.8. The van der Waals surface area contributed by atoms with Crippen molar-refractivity contribution in [3.05, 3.63) is 168 Å². The number of para-hydroxylation sites is 1. The molecule has 0 atom stereocenters. The summed E-state index contributed by atoms with van der Waals surface area (Å²) >= 11 is 1.98. The molecule has 11 rings (SSSR count). The van der Waals surface area contributed by atoms with E-state index in [-0.39, 0.29) is 5.41 Å². The van der Waals surface area contributed by atoms with Crippen LogP contribution in [0.5, 0.6) is 0 Å². The summed E-state index contributed by atoms with van der Waals surface area (Å²) in [6, 6.07) is 57.8. The minimum absolute atomic E-state index is 0.0482. The Labute approximate surface area is 300 Å². The molecule has 8 aromatic carbocycles. The summed E-state index contributed by atoms with van der Waals surface area (Å²) in [5.41, 5.74) is 13.5. The molecule has 0 unspecified atom stereocenters. The lowest BCUT2D eigenvalue weighted by atomic mass is 9.84. The van der Waals surface area contributed by atoms with Crippen molar-refractivity contribution in [3.8, 4) is 44.5 Å². The van der Waals surface area contributed by atoms with E-state index in [2.05, 4.69) is 166 Å². The van der Waals surface area contributed by atoms with Crippen molar-refractivity contribution >= 4 is 64.9 Å². The Morgan fingerprint density at radius 3 is 1.92 bits per heavy atom. The molecule has 51 heavy (non-hydrogen) atoms. The number of benzene rings is 8. The van der Waals surface area contributed by atoms with E-state index in [4.69, 9.17) is 4.42 Å². The Hall–Kier alpha value is -5.96. The number of fused-ring (bicyclic) bond motifs is 10. The Kier molecular flexibility index (Phi) is 5.95. The molecule has 10 aromatic rings. The van der Waals surface area contributed by atoms with Gasteiger partial charge in [0.15, 0.2) is 0 Å². The highest BCUT2D eigenvalue weighted by atomic mass is 32.1. The summed E-state index contributed by atoms with van der Waals surface area (Å²) in [6.07, 6.45) is 0. The van der Waals surface area contributed by atoms with Crippen LogP contribution >= 0.6 is 11.3 Å². The number of hydrogen-bond donors (Lipinski definition) is 0. The summed E-state index contributed by atoms with van der Waals surface area (Å²) in [5.74, 6) is 0. The molecule has 1 nitrogen and oxygen atoms in total. The largest absolute Gasteiger partial charge is 0.456 e. The monoisotopic (exact) mass is 668 g/mol. The van der Waals surface area contributed by atoms with E-state index >= 15 is 0 Å². The SMILES string of the molecule is CC1(C)c2ccccc2-c2c1sc1c(-c3c4ccccc4c(-c4ccccc4)c4ccc(-c5cccc6oc7ccccc7c56)cc34)cccc21. The van der Waals surface area contributed by atoms with E-state index in [0.717, 1.165) is 21.9 Å². The Bertz CT molecular complexity index is 3050. The van der Waals surface area contributed by atoms with Gasteiger partial charge in [0.05, 0.1) is 0 Å². The third kappa shape index (κ3) is 3.97. The van der Waals surface area contributed by atoms with Crippen LogP contribution in [0.1, 0.15) is 24.3 Å². The Morgan fingerprint density at radius 1 is 0.431 bits per heavy atom. The molecule has 0 spiro atoms. The van der Waals surface area contributed by atoms with Crippen LogP contribution in [0.2, 0.25) is 0 Å². The van der Waals surface area contributed by atoms with Crippen LogP contribution in [0, 0.1) is 0 Å². The van der Waals surface area contributed by atoms with Gasteiger partial charge in [-0.15, -0.1) is 11.3 Å². The predicted octanol–water partition coefficient (Wildman–Crippen LogP) is 14.4. The highest BCUT2D eigenvalue weighted by molar-refractivity contribution is 7.20. The maximum absolute atomic E-state index is 6.35. The maximum Gasteiger partial charge on any atom is 0.136 e. The van der Waals surface area contributed by atoms with E-state index in [1.807, 2.05) is 17.4 Å². The second kappa shape index (κ2) is 10.5. The molecule has 2 heterocycles. The first kappa shape index (κ1) is 28.8. The maximum atomic E-state index is 6.35. The van der Waals surface area contributed by atoms with Gasteiger partial charge in [-0.25, -0.2) is 0 Å². The molecule has 2 heteroatoms. The van der Waals surface area contributed by atoms with Crippen molar-refractivity contribution in [3.63, 3.8) is 0 Å². The number of furan rings is 1. The summed E-state index contributed by atoms with van der Waals surface area (Å²) in [4.78, 5) is 1.46. The average molecular weight is 669 g/mol. The van der Waals surface area contributed by atoms with Gasteiger partial charge in [-0.1, -0.05) is 153 Å². The van der Waals surface area contributed by atoms with Crippen LogP contribution in [0.3, 0.4) is 0 Å². The predicted molar refractivity (Wildman–Crippen MR) is 218 cm³/mol. The molecule has 0 aliphatic heterocycles. The van der Waals surface area contributed by atoms with E-state index in [0.29, 0.717) is 0 Å². The molecule has 240 valence electrons. The van der Waals surface area contributed by atoms with Crippen LogP contribution in [0.15, 0.2) is 162 Å². The van der Waals surface area contributed by atoms with Gasteiger partial charge in [0.2, 0.25) is 0 Å². The summed E-state index contributed by atoms with van der Waals surface area (Å²) in [5, 5.41) is 8.72. The molecule has 0 saturated carbocycles. The highest BCUT2D eigenvalue weighted by Crippen LogP contribution is 2.57. The molecule has 1 aliphatic rings. The lowest BCUT2D eigenvalue weighted by Gasteiger charge is -2.20. The summed E-state index contributed by atoms with van der Waals surface area (Å²) in [6.45, 7) is 4.78. The molecule has 0 saturated heterocycles. The van der Waals surface area contributed by atoms with Gasteiger partial charge in [0.1, 0.15) is 11.2 Å². The fraction of sp³-hybridized carbons (Fsp3) is 0.0612. The zero-order valence-corrected chi connectivity index (χ0v) is 29.1. The lowest BCUT2D eigenvalue weighted by Crippen LogP contribution is -2.13. The fourth-order valence-electron chi connectivity index (χ4n) is 8.96. The van der Waals surface area contributed by atoms with Gasteiger partial charge in [-0.2, -0.15) is 0 Å². The third-order valence-electron chi connectivity index (χ3n) is 11.2. The topological polar surface area (TPSA) is 13.1 Å². The van der Waals surface area contributed by atoms with E-state index in [9.17, 15) is 0 Å². The van der Waals surface area contributed by atoms with Crippen molar-refractivity contribution in [1.82, 2.24) is 0 Å². The zero-order valence-electron chi connectivity index (χ0n) is 28.3. The molecule has 0 radical (unpaired) electrons. The lowest BCUT2D eigenvalue weighted by molar-refractivity contribution is 0.669. The highest BCUT2D eigenvalue weighted by Gasteiger charge is 2.38. The van der Waals surface area contributed by atoms with Gasteiger partial charge in [0, 0.05) is 42.3 Å². The van der Waals surface area contributed by atoms with Crippen molar-refractivity contribution < 1.29 is 4.42 Å². The van der Waals surface area contributed by atoms with E-state index in [1.165, 1.54) is 86.6 Å². The van der Waals surface area contributed by atoms with E-state index < -0.39 is 0 Å². The van der Waals surface area contributed by atoms with Crippen LogP contribution in [0.4, 0.5) is 0 Å². The second-order valence-corrected chi connectivity index (χ2v) is 15.4. The quantitative estimate of drug-likeness (QED) is 0.171. The number of rotatable bonds is 3. The van der Waals surface area contributed by atoms with Crippen LogP contribution in [0.25, 0.3) is 98.1 Å². The van der Waals surface area contributed by atoms with E-state index in [1.54, 1.807) is 0 Å². The average Bonchev–Trinajstić information content (AvgIpc) is 3.83. The molecular formula is C49H32OS. The first-order chi connectivity index (χ1) is 25.1. The van der Waals surface area contributed by atoms with Gasteiger partial charge < -0.3 is 4.42 Å². The molecular weight excluding hydrogens is 637 g/mol. The summed E-state index contributed by atoms with van der Waals surface area (Å²) < 4.78 is 7.71. The number of hydrogen-bond acceptors (Lipinski definition) is 2. The molecule has 2 aromatic heterocycles. The molecule has 1 aliphatic carbocycles. The first-order valence-corrected chi connectivity index (χ1v) is 18.5. The Balaban J connectivity index is 1.28. The van der Waals surface area contributed by atoms with Gasteiger partial charge in [0.25, 0.3) is 0 Å². The normalized spacial score (nSPS) is 13.5.